The maximum absolute atomic E-state index is 6.25. The molecule has 0 spiro atoms. The van der Waals surface area contributed by atoms with Crippen LogP contribution in [-0.2, 0) is 0 Å². The number of fused-ring (bicyclic) bond motifs is 1. The Kier molecular flexibility index (Phi) is 4.32. The number of anilines is 5. The van der Waals surface area contributed by atoms with Crippen molar-refractivity contribution >= 4 is 39.3 Å². The summed E-state index contributed by atoms with van der Waals surface area (Å²) in [7, 11) is 0. The molecule has 4 aromatic rings. The largest absolute Gasteiger partial charge is 0.397 e. The molecule has 0 saturated heterocycles. The summed E-state index contributed by atoms with van der Waals surface area (Å²) in [6.07, 6.45) is 0. The lowest BCUT2D eigenvalue weighted by Crippen LogP contribution is -2.25. The average Bonchev–Trinajstić information content (AvgIpc) is 2.71. The molecule has 0 aliphatic heterocycles. The molecule has 0 aliphatic carbocycles. The number of hydrogen-bond acceptors (Lipinski definition) is 6. The summed E-state index contributed by atoms with van der Waals surface area (Å²) in [5, 5.41) is 15.5. The number of nitrogen functional groups attached to an aromatic ring is 1. The SMILES string of the molecule is Cc1nnc(Nc2ccc(N(N)c3ccccc3)c(N)c2)c2ccccc12. The highest BCUT2D eigenvalue weighted by atomic mass is 15.4. The molecule has 0 radical (unpaired) electrons. The minimum absolute atomic E-state index is 0.565. The van der Waals surface area contributed by atoms with Crippen molar-refractivity contribution < 1.29 is 0 Å². The summed E-state index contributed by atoms with van der Waals surface area (Å²) in [6, 6.07) is 23.4. The van der Waals surface area contributed by atoms with Crippen LogP contribution in [0.5, 0.6) is 0 Å². The summed E-state index contributed by atoms with van der Waals surface area (Å²) in [5.41, 5.74) is 10.1. The van der Waals surface area contributed by atoms with E-state index in [0.29, 0.717) is 11.5 Å². The molecule has 4 rings (SSSR count). The van der Waals surface area contributed by atoms with Gasteiger partial charge in [-0.25, -0.2) is 5.84 Å². The van der Waals surface area contributed by atoms with Gasteiger partial charge in [0, 0.05) is 16.5 Å². The summed E-state index contributed by atoms with van der Waals surface area (Å²) in [4.78, 5) is 0. The normalized spacial score (nSPS) is 10.7. The highest BCUT2D eigenvalue weighted by molar-refractivity contribution is 5.94. The second kappa shape index (κ2) is 6.93. The first-order valence-corrected chi connectivity index (χ1v) is 8.62. The van der Waals surface area contributed by atoms with Crippen LogP contribution in [0.4, 0.5) is 28.6 Å². The molecule has 0 atom stereocenters. The number of aryl methyl sites for hydroxylation is 1. The van der Waals surface area contributed by atoms with E-state index in [0.717, 1.165) is 33.5 Å². The van der Waals surface area contributed by atoms with Crippen molar-refractivity contribution in [3.8, 4) is 0 Å². The zero-order valence-electron chi connectivity index (χ0n) is 14.9. The number of aromatic nitrogens is 2. The van der Waals surface area contributed by atoms with Crippen molar-refractivity contribution in [1.82, 2.24) is 10.2 Å². The molecule has 3 aromatic carbocycles. The van der Waals surface area contributed by atoms with E-state index in [9.17, 15) is 0 Å². The molecule has 134 valence electrons. The van der Waals surface area contributed by atoms with Gasteiger partial charge in [-0.1, -0.05) is 42.5 Å². The molecular formula is C21H20N6. The second-order valence-electron chi connectivity index (χ2n) is 6.28. The fraction of sp³-hybridized carbons (Fsp3) is 0.0476. The van der Waals surface area contributed by atoms with Crippen LogP contribution in [0.1, 0.15) is 5.69 Å². The van der Waals surface area contributed by atoms with E-state index < -0.39 is 0 Å². The summed E-state index contributed by atoms with van der Waals surface area (Å²) >= 11 is 0. The topological polar surface area (TPSA) is 93.1 Å². The van der Waals surface area contributed by atoms with Gasteiger partial charge in [-0.2, -0.15) is 5.10 Å². The Balaban J connectivity index is 1.65. The van der Waals surface area contributed by atoms with Crippen molar-refractivity contribution in [3.63, 3.8) is 0 Å². The smallest absolute Gasteiger partial charge is 0.160 e. The van der Waals surface area contributed by atoms with Crippen LogP contribution in [0.25, 0.3) is 10.8 Å². The predicted octanol–water partition coefficient (Wildman–Crippen LogP) is 4.28. The number of nitrogens with one attached hydrogen (secondary N) is 1. The first kappa shape index (κ1) is 16.8. The molecule has 1 heterocycles. The Bertz CT molecular complexity index is 1090. The molecule has 5 N–H and O–H groups in total. The van der Waals surface area contributed by atoms with Gasteiger partial charge in [-0.15, -0.1) is 5.10 Å². The lowest BCUT2D eigenvalue weighted by Gasteiger charge is -2.21. The Morgan fingerprint density at radius 3 is 2.30 bits per heavy atom. The van der Waals surface area contributed by atoms with Gasteiger partial charge >= 0.3 is 0 Å². The van der Waals surface area contributed by atoms with E-state index in [1.165, 1.54) is 0 Å². The first-order valence-electron chi connectivity index (χ1n) is 8.62. The third kappa shape index (κ3) is 3.26. The molecule has 6 heteroatoms. The van der Waals surface area contributed by atoms with E-state index >= 15 is 0 Å². The Morgan fingerprint density at radius 1 is 0.852 bits per heavy atom. The van der Waals surface area contributed by atoms with Crippen LogP contribution >= 0.6 is 0 Å². The van der Waals surface area contributed by atoms with Gasteiger partial charge in [0.15, 0.2) is 5.82 Å². The van der Waals surface area contributed by atoms with Gasteiger partial charge in [-0.05, 0) is 37.3 Å². The van der Waals surface area contributed by atoms with Crippen LogP contribution in [-0.4, -0.2) is 10.2 Å². The van der Waals surface area contributed by atoms with E-state index in [4.69, 9.17) is 11.6 Å². The minimum Gasteiger partial charge on any atom is -0.397 e. The van der Waals surface area contributed by atoms with Gasteiger partial charge < -0.3 is 11.1 Å². The van der Waals surface area contributed by atoms with Crippen LogP contribution < -0.4 is 21.9 Å². The average molecular weight is 356 g/mol. The number of hydrogen-bond donors (Lipinski definition) is 3. The minimum atomic E-state index is 0.565. The van der Waals surface area contributed by atoms with Crippen molar-refractivity contribution in [2.75, 3.05) is 16.1 Å². The lowest BCUT2D eigenvalue weighted by molar-refractivity contribution is 1.01. The molecule has 0 unspecified atom stereocenters. The van der Waals surface area contributed by atoms with Crippen LogP contribution in [0, 0.1) is 6.92 Å². The summed E-state index contributed by atoms with van der Waals surface area (Å²) < 4.78 is 0. The molecule has 0 aliphatic rings. The molecule has 27 heavy (non-hydrogen) atoms. The fourth-order valence-corrected chi connectivity index (χ4v) is 3.05. The highest BCUT2D eigenvalue weighted by Crippen LogP contribution is 2.32. The van der Waals surface area contributed by atoms with E-state index in [-0.39, 0.29) is 0 Å². The molecular weight excluding hydrogens is 336 g/mol. The van der Waals surface area contributed by atoms with E-state index in [1.807, 2.05) is 79.7 Å². The quantitative estimate of drug-likeness (QED) is 0.287. The van der Waals surface area contributed by atoms with Crippen molar-refractivity contribution in [2.24, 2.45) is 5.84 Å². The molecule has 0 fully saturated rings. The second-order valence-corrected chi connectivity index (χ2v) is 6.28. The monoisotopic (exact) mass is 356 g/mol. The summed E-state index contributed by atoms with van der Waals surface area (Å²) in [6.45, 7) is 1.95. The zero-order valence-corrected chi connectivity index (χ0v) is 14.9. The lowest BCUT2D eigenvalue weighted by atomic mass is 10.1. The van der Waals surface area contributed by atoms with Crippen LogP contribution in [0.15, 0.2) is 72.8 Å². The Morgan fingerprint density at radius 2 is 1.56 bits per heavy atom. The first-order chi connectivity index (χ1) is 13.1. The molecule has 0 amide bonds. The number of benzene rings is 3. The van der Waals surface area contributed by atoms with Crippen molar-refractivity contribution in [1.29, 1.82) is 0 Å². The number of rotatable bonds is 4. The number of nitrogens with two attached hydrogens (primary N) is 2. The predicted molar refractivity (Wildman–Crippen MR) is 111 cm³/mol. The van der Waals surface area contributed by atoms with Gasteiger partial charge in [-0.3, -0.25) is 5.01 Å². The summed E-state index contributed by atoms with van der Waals surface area (Å²) in [5.74, 6) is 6.91. The standard InChI is InChI=1S/C21H20N6/c1-14-17-9-5-6-10-18(17)21(26-25-14)24-15-11-12-20(19(22)13-15)27(23)16-7-3-2-4-8-16/h2-13H,22-23H2,1H3,(H,24,26). The van der Waals surface area contributed by atoms with Crippen molar-refractivity contribution in [2.45, 2.75) is 6.92 Å². The van der Waals surface area contributed by atoms with Gasteiger partial charge in [0.05, 0.1) is 22.8 Å². The third-order valence-corrected chi connectivity index (χ3v) is 4.46. The number of hydrazine groups is 1. The van der Waals surface area contributed by atoms with Gasteiger partial charge in [0.1, 0.15) is 0 Å². The van der Waals surface area contributed by atoms with Gasteiger partial charge in [0.2, 0.25) is 0 Å². The molecule has 6 nitrogen and oxygen atoms in total. The maximum atomic E-state index is 6.25. The fourth-order valence-electron chi connectivity index (χ4n) is 3.05. The zero-order chi connectivity index (χ0) is 18.8. The maximum Gasteiger partial charge on any atom is 0.160 e. The number of para-hydroxylation sites is 1. The van der Waals surface area contributed by atoms with Crippen LogP contribution in [0.3, 0.4) is 0 Å². The van der Waals surface area contributed by atoms with E-state index in [2.05, 4.69) is 15.5 Å². The highest BCUT2D eigenvalue weighted by Gasteiger charge is 2.11. The Labute approximate surface area is 157 Å². The Hall–Kier alpha value is -3.64. The molecule has 0 bridgehead atoms. The van der Waals surface area contributed by atoms with Crippen LogP contribution in [0.2, 0.25) is 0 Å². The van der Waals surface area contributed by atoms with Crippen molar-refractivity contribution in [3.05, 3.63) is 78.5 Å². The van der Waals surface area contributed by atoms with E-state index in [1.54, 1.807) is 5.01 Å². The number of nitrogens with zero attached hydrogens (tertiary/aromatic N) is 3. The molecule has 0 saturated carbocycles. The molecule has 1 aromatic heterocycles. The third-order valence-electron chi connectivity index (χ3n) is 4.46. The van der Waals surface area contributed by atoms with Gasteiger partial charge in [0.25, 0.3) is 0 Å².